The van der Waals surface area contributed by atoms with E-state index in [-0.39, 0.29) is 11.4 Å². The summed E-state index contributed by atoms with van der Waals surface area (Å²) in [5.74, 6) is -0.0254. The van der Waals surface area contributed by atoms with Gasteiger partial charge in [0.25, 0.3) is 5.91 Å². The van der Waals surface area contributed by atoms with Crippen LogP contribution in [0.25, 0.3) is 11.8 Å². The highest BCUT2D eigenvalue weighted by atomic mass is 19.1. The van der Waals surface area contributed by atoms with Gasteiger partial charge in [-0.3, -0.25) is 4.79 Å². The number of anilines is 1. The van der Waals surface area contributed by atoms with Crippen LogP contribution in [0.4, 0.5) is 10.1 Å². The number of benzene rings is 3. The van der Waals surface area contributed by atoms with E-state index in [1.165, 1.54) is 12.1 Å². The van der Waals surface area contributed by atoms with Gasteiger partial charge in [0.2, 0.25) is 0 Å². The fraction of sp³-hybridized carbons (Fsp3) is 0.133. The zero-order chi connectivity index (χ0) is 25.7. The van der Waals surface area contributed by atoms with Crippen LogP contribution < -0.4 is 10.1 Å². The molecule has 0 aliphatic carbocycles. The molecule has 1 heterocycles. The topological polar surface area (TPSA) is 67.0 Å². The van der Waals surface area contributed by atoms with Crippen molar-refractivity contribution in [1.82, 2.24) is 4.57 Å². The van der Waals surface area contributed by atoms with Crippen LogP contribution in [0.15, 0.2) is 84.4 Å². The molecule has 4 rings (SSSR count). The second-order valence-electron chi connectivity index (χ2n) is 8.56. The quantitative estimate of drug-likeness (QED) is 0.238. The molecule has 0 aliphatic rings. The monoisotopic (exact) mass is 479 g/mol. The summed E-state index contributed by atoms with van der Waals surface area (Å²) in [5.41, 5.74) is 6.23. The van der Waals surface area contributed by atoms with Crippen molar-refractivity contribution < 1.29 is 13.9 Å². The highest BCUT2D eigenvalue weighted by molar-refractivity contribution is 6.09. The zero-order valence-electron chi connectivity index (χ0n) is 20.4. The molecule has 3 aromatic carbocycles. The maximum atomic E-state index is 13.1. The molecule has 36 heavy (non-hydrogen) atoms. The third-order valence-electron chi connectivity index (χ3n) is 5.86. The predicted octanol–water partition coefficient (Wildman–Crippen LogP) is 6.67. The van der Waals surface area contributed by atoms with Gasteiger partial charge in [0, 0.05) is 22.8 Å². The molecule has 0 saturated carbocycles. The average Bonchev–Trinajstić information content (AvgIpc) is 3.16. The number of rotatable bonds is 7. The van der Waals surface area contributed by atoms with E-state index in [4.69, 9.17) is 4.74 Å². The number of hydrogen-bond acceptors (Lipinski definition) is 3. The maximum absolute atomic E-state index is 13.1. The fourth-order valence-electron chi connectivity index (χ4n) is 3.91. The molecule has 0 bridgehead atoms. The number of carbonyl (C=O) groups excluding carboxylic acids is 1. The Bertz CT molecular complexity index is 1440. The van der Waals surface area contributed by atoms with Gasteiger partial charge in [-0.15, -0.1) is 0 Å². The number of nitrogens with zero attached hydrogens (tertiary/aromatic N) is 2. The third kappa shape index (κ3) is 5.70. The number of ether oxygens (including phenoxy) is 1. The van der Waals surface area contributed by atoms with Crippen molar-refractivity contribution in [3.05, 3.63) is 118 Å². The molecule has 0 spiro atoms. The van der Waals surface area contributed by atoms with Crippen LogP contribution in [0.5, 0.6) is 5.75 Å². The number of nitrogens with one attached hydrogen (secondary N) is 1. The summed E-state index contributed by atoms with van der Waals surface area (Å²) in [6, 6.07) is 25.2. The Labute approximate surface area is 210 Å². The molecule has 4 aromatic rings. The van der Waals surface area contributed by atoms with E-state index in [0.29, 0.717) is 18.0 Å². The van der Waals surface area contributed by atoms with E-state index in [9.17, 15) is 14.4 Å². The lowest BCUT2D eigenvalue weighted by Gasteiger charge is -2.12. The van der Waals surface area contributed by atoms with Crippen LogP contribution in [0.2, 0.25) is 0 Å². The molecule has 0 saturated heterocycles. The Hall–Kier alpha value is -4.63. The van der Waals surface area contributed by atoms with Gasteiger partial charge in [0.05, 0.1) is 0 Å². The van der Waals surface area contributed by atoms with Gasteiger partial charge in [-0.25, -0.2) is 4.39 Å². The van der Waals surface area contributed by atoms with Gasteiger partial charge in [-0.05, 0) is 92.6 Å². The van der Waals surface area contributed by atoms with Crippen LogP contribution in [0.3, 0.4) is 0 Å². The van der Waals surface area contributed by atoms with E-state index < -0.39 is 5.91 Å². The summed E-state index contributed by atoms with van der Waals surface area (Å²) in [4.78, 5) is 12.7. The summed E-state index contributed by atoms with van der Waals surface area (Å²) in [6.07, 6.45) is 1.61. The van der Waals surface area contributed by atoms with Crippen LogP contribution in [-0.4, -0.2) is 10.5 Å². The molecular weight excluding hydrogens is 453 g/mol. The van der Waals surface area contributed by atoms with Gasteiger partial charge in [0.1, 0.15) is 29.8 Å². The van der Waals surface area contributed by atoms with Crippen LogP contribution in [-0.2, 0) is 11.4 Å². The summed E-state index contributed by atoms with van der Waals surface area (Å²) in [7, 11) is 0. The van der Waals surface area contributed by atoms with E-state index in [2.05, 4.69) is 9.88 Å². The number of aryl methyl sites for hydroxylation is 2. The highest BCUT2D eigenvalue weighted by Crippen LogP contribution is 2.25. The van der Waals surface area contributed by atoms with Crippen LogP contribution >= 0.6 is 0 Å². The van der Waals surface area contributed by atoms with Crippen molar-refractivity contribution in [1.29, 1.82) is 5.26 Å². The van der Waals surface area contributed by atoms with Crippen molar-refractivity contribution in [2.45, 2.75) is 27.4 Å². The molecule has 1 aromatic heterocycles. The van der Waals surface area contributed by atoms with Crippen molar-refractivity contribution in [2.75, 3.05) is 5.32 Å². The molecule has 0 aliphatic heterocycles. The first kappa shape index (κ1) is 24.5. The summed E-state index contributed by atoms with van der Waals surface area (Å²) in [5, 5.41) is 12.4. The summed E-state index contributed by atoms with van der Waals surface area (Å²) in [6.45, 7) is 6.24. The highest BCUT2D eigenvalue weighted by Gasteiger charge is 2.14. The number of amides is 1. The number of hydrogen-bond donors (Lipinski definition) is 1. The molecule has 0 atom stereocenters. The van der Waals surface area contributed by atoms with E-state index in [0.717, 1.165) is 33.8 Å². The number of aromatic nitrogens is 1. The van der Waals surface area contributed by atoms with Crippen molar-refractivity contribution in [3.63, 3.8) is 0 Å². The molecule has 0 fully saturated rings. The van der Waals surface area contributed by atoms with Gasteiger partial charge in [-0.2, -0.15) is 5.26 Å². The molecule has 1 N–H and O–H groups in total. The first-order chi connectivity index (χ1) is 17.3. The van der Waals surface area contributed by atoms with Gasteiger partial charge in [-0.1, -0.05) is 29.8 Å². The van der Waals surface area contributed by atoms with Gasteiger partial charge >= 0.3 is 0 Å². The summed E-state index contributed by atoms with van der Waals surface area (Å²) < 4.78 is 20.9. The van der Waals surface area contributed by atoms with E-state index >= 15 is 0 Å². The fourth-order valence-corrected chi connectivity index (χ4v) is 3.91. The predicted molar refractivity (Wildman–Crippen MR) is 139 cm³/mol. The molecule has 180 valence electrons. The molecule has 0 unspecified atom stereocenters. The Kier molecular flexibility index (Phi) is 7.31. The van der Waals surface area contributed by atoms with Crippen molar-refractivity contribution >= 4 is 17.7 Å². The number of carbonyl (C=O) groups is 1. The SMILES string of the molecule is Cc1ccc(NC(=O)C(C#N)=Cc2cc(C)n(-c3ccc(OCc4ccc(F)cc4)cc3)c2C)cc1. The average molecular weight is 480 g/mol. The number of halogens is 1. The Balaban J connectivity index is 1.50. The van der Waals surface area contributed by atoms with E-state index in [1.807, 2.05) is 69.3 Å². The Morgan fingerprint density at radius 1 is 1.00 bits per heavy atom. The van der Waals surface area contributed by atoms with E-state index in [1.54, 1.807) is 30.3 Å². The molecule has 5 nitrogen and oxygen atoms in total. The van der Waals surface area contributed by atoms with Crippen LogP contribution in [0, 0.1) is 37.9 Å². The van der Waals surface area contributed by atoms with Crippen molar-refractivity contribution in [2.24, 2.45) is 0 Å². The molecule has 1 amide bonds. The lowest BCUT2D eigenvalue weighted by molar-refractivity contribution is -0.112. The minimum atomic E-state index is -0.450. The first-order valence-electron chi connectivity index (χ1n) is 11.5. The van der Waals surface area contributed by atoms with Gasteiger partial charge < -0.3 is 14.6 Å². The smallest absolute Gasteiger partial charge is 0.266 e. The second-order valence-corrected chi connectivity index (χ2v) is 8.56. The molecule has 0 radical (unpaired) electrons. The van der Waals surface area contributed by atoms with Crippen molar-refractivity contribution in [3.8, 4) is 17.5 Å². The minimum Gasteiger partial charge on any atom is -0.489 e. The standard InChI is InChI=1S/C30H26FN3O2/c1-20-4-10-27(11-5-20)33-30(35)25(18-32)17-24-16-21(2)34(22(24)3)28-12-14-29(15-13-28)36-19-23-6-8-26(31)9-7-23/h4-17H,19H2,1-3H3,(H,33,35). The van der Waals surface area contributed by atoms with Gasteiger partial charge in [0.15, 0.2) is 0 Å². The maximum Gasteiger partial charge on any atom is 0.266 e. The summed E-state index contributed by atoms with van der Waals surface area (Å²) >= 11 is 0. The first-order valence-corrected chi connectivity index (χ1v) is 11.5. The van der Waals surface area contributed by atoms with Crippen LogP contribution in [0.1, 0.15) is 28.1 Å². The largest absolute Gasteiger partial charge is 0.489 e. The lowest BCUT2D eigenvalue weighted by Crippen LogP contribution is -2.13. The molecular formula is C30H26FN3O2. The number of nitriles is 1. The lowest BCUT2D eigenvalue weighted by atomic mass is 10.1. The third-order valence-corrected chi connectivity index (χ3v) is 5.86. The second kappa shape index (κ2) is 10.7. The molecule has 6 heteroatoms. The Morgan fingerprint density at radius 2 is 1.67 bits per heavy atom. The normalized spacial score (nSPS) is 11.1. The zero-order valence-corrected chi connectivity index (χ0v) is 20.4. The minimum absolute atomic E-state index is 0.0281. The Morgan fingerprint density at radius 3 is 2.31 bits per heavy atom.